The number of hydrogen-bond donors (Lipinski definition) is 2. The van der Waals surface area contributed by atoms with Crippen molar-refractivity contribution in [2.75, 3.05) is 0 Å². The number of aromatic carboxylic acids is 1. The molecule has 0 radical (unpaired) electrons. The van der Waals surface area contributed by atoms with Gasteiger partial charge in [-0.2, -0.15) is 0 Å². The van der Waals surface area contributed by atoms with Gasteiger partial charge in [-0.25, -0.2) is 9.78 Å². The summed E-state index contributed by atoms with van der Waals surface area (Å²) < 4.78 is 0. The molecule has 2 N–H and O–H groups in total. The number of nitrogens with one attached hydrogen (secondary N) is 1. The highest BCUT2D eigenvalue weighted by atomic mass is 32.1. The molecule has 0 amide bonds. The molecule has 2 aromatic carbocycles. The van der Waals surface area contributed by atoms with E-state index in [0.717, 1.165) is 21.8 Å². The average Bonchev–Trinajstić information content (AvgIpc) is 3.47. The Hall–Kier alpha value is -2.80. The Labute approximate surface area is 190 Å². The molecule has 2 aromatic heterocycles. The lowest BCUT2D eigenvalue weighted by molar-refractivity contribution is 0.0697. The lowest BCUT2D eigenvalue weighted by Gasteiger charge is -2.15. The van der Waals surface area contributed by atoms with Crippen LogP contribution in [0, 0.1) is 0 Å². The monoisotopic (exact) mass is 448 g/mol. The van der Waals surface area contributed by atoms with Crippen molar-refractivity contribution in [1.82, 2.24) is 10.3 Å². The third kappa shape index (κ3) is 5.10. The summed E-state index contributed by atoms with van der Waals surface area (Å²) in [6, 6.07) is 19.8. The summed E-state index contributed by atoms with van der Waals surface area (Å²) in [6.45, 7) is 5.02. The number of thiophene rings is 1. The number of benzene rings is 2. The molecule has 31 heavy (non-hydrogen) atoms. The zero-order valence-electron chi connectivity index (χ0n) is 17.4. The normalized spacial score (nSPS) is 12.2. The van der Waals surface area contributed by atoms with Crippen molar-refractivity contribution in [3.8, 4) is 11.3 Å². The second-order valence-electron chi connectivity index (χ2n) is 7.68. The molecular formula is C25H24N2O2S2. The summed E-state index contributed by atoms with van der Waals surface area (Å²) in [5, 5.41) is 17.9. The van der Waals surface area contributed by atoms with E-state index in [-0.39, 0.29) is 6.04 Å². The smallest absolute Gasteiger partial charge is 0.335 e. The molecule has 0 fully saturated rings. The van der Waals surface area contributed by atoms with Crippen LogP contribution in [0.25, 0.3) is 11.3 Å². The fraction of sp³-hybridized carbons (Fsp3) is 0.200. The summed E-state index contributed by atoms with van der Waals surface area (Å²) in [5.74, 6) is -0.398. The molecule has 4 nitrogen and oxygen atoms in total. The van der Waals surface area contributed by atoms with Gasteiger partial charge in [-0.1, -0.05) is 56.3 Å². The number of aromatic nitrogens is 1. The lowest BCUT2D eigenvalue weighted by atomic mass is 10.0. The molecule has 0 spiro atoms. The van der Waals surface area contributed by atoms with Crippen LogP contribution in [0.1, 0.15) is 57.2 Å². The maximum atomic E-state index is 11.1. The number of nitrogens with zero attached hydrogens (tertiary/aromatic N) is 1. The highest BCUT2D eigenvalue weighted by Crippen LogP contribution is 2.32. The Balaban J connectivity index is 1.54. The maximum absolute atomic E-state index is 11.1. The molecule has 1 atom stereocenters. The van der Waals surface area contributed by atoms with E-state index in [1.807, 2.05) is 12.1 Å². The van der Waals surface area contributed by atoms with Crippen molar-refractivity contribution < 1.29 is 9.90 Å². The van der Waals surface area contributed by atoms with Gasteiger partial charge >= 0.3 is 5.97 Å². The summed E-state index contributed by atoms with van der Waals surface area (Å²) >= 11 is 3.36. The predicted molar refractivity (Wildman–Crippen MR) is 128 cm³/mol. The SMILES string of the molecule is CC(C)c1ccc(-c2csc(C(NCc3ccc(C(=O)O)cc3)c3cccs3)n2)cc1. The fourth-order valence-corrected chi connectivity index (χ4v) is 5.14. The number of hydrogen-bond acceptors (Lipinski definition) is 5. The summed E-state index contributed by atoms with van der Waals surface area (Å²) in [7, 11) is 0. The third-order valence-electron chi connectivity index (χ3n) is 5.18. The van der Waals surface area contributed by atoms with Crippen molar-refractivity contribution in [3.05, 3.63) is 98.0 Å². The second kappa shape index (κ2) is 9.56. The number of rotatable bonds is 8. The van der Waals surface area contributed by atoms with E-state index in [9.17, 15) is 4.79 Å². The van der Waals surface area contributed by atoms with Crippen LogP contribution < -0.4 is 5.32 Å². The van der Waals surface area contributed by atoms with Gasteiger partial charge in [-0.3, -0.25) is 5.32 Å². The number of carboxylic acids is 1. The third-order valence-corrected chi connectivity index (χ3v) is 7.03. The van der Waals surface area contributed by atoms with E-state index >= 15 is 0 Å². The molecule has 6 heteroatoms. The van der Waals surface area contributed by atoms with Gasteiger partial charge in [0.1, 0.15) is 5.01 Å². The Morgan fingerprint density at radius 2 is 1.77 bits per heavy atom. The van der Waals surface area contributed by atoms with Gasteiger partial charge in [-0.05, 0) is 40.6 Å². The van der Waals surface area contributed by atoms with Crippen molar-refractivity contribution in [2.24, 2.45) is 0 Å². The zero-order valence-corrected chi connectivity index (χ0v) is 19.0. The van der Waals surface area contributed by atoms with E-state index in [0.29, 0.717) is 18.0 Å². The van der Waals surface area contributed by atoms with Crippen LogP contribution in [0.3, 0.4) is 0 Å². The quantitative estimate of drug-likeness (QED) is 0.320. The van der Waals surface area contributed by atoms with E-state index in [1.165, 1.54) is 10.4 Å². The number of carboxylic acid groups (broad SMARTS) is 1. The topological polar surface area (TPSA) is 62.2 Å². The van der Waals surface area contributed by atoms with Crippen LogP contribution in [-0.2, 0) is 6.54 Å². The first-order valence-electron chi connectivity index (χ1n) is 10.2. The number of carbonyl (C=O) groups is 1. The standard InChI is InChI=1S/C25H24N2O2S2/c1-16(2)18-9-11-19(12-10-18)21-15-31-24(27-21)23(22-4-3-13-30-22)26-14-17-5-7-20(8-6-17)25(28)29/h3-13,15-16,23,26H,14H2,1-2H3,(H,28,29). The fourth-order valence-electron chi connectivity index (χ4n) is 3.34. The summed E-state index contributed by atoms with van der Waals surface area (Å²) in [6.07, 6.45) is 0. The molecule has 2 heterocycles. The van der Waals surface area contributed by atoms with Gasteiger partial charge in [-0.15, -0.1) is 22.7 Å². The van der Waals surface area contributed by atoms with Crippen LogP contribution in [-0.4, -0.2) is 16.1 Å². The Morgan fingerprint density at radius 3 is 2.39 bits per heavy atom. The average molecular weight is 449 g/mol. The van der Waals surface area contributed by atoms with Crippen LogP contribution in [0.2, 0.25) is 0 Å². The van der Waals surface area contributed by atoms with Gasteiger partial charge in [0.2, 0.25) is 0 Å². The maximum Gasteiger partial charge on any atom is 0.335 e. The van der Waals surface area contributed by atoms with Crippen LogP contribution in [0.4, 0.5) is 0 Å². The second-order valence-corrected chi connectivity index (χ2v) is 9.55. The molecule has 0 saturated carbocycles. The Bertz CT molecular complexity index is 1130. The highest BCUT2D eigenvalue weighted by molar-refractivity contribution is 7.11. The van der Waals surface area contributed by atoms with Crippen molar-refractivity contribution >= 4 is 28.6 Å². The van der Waals surface area contributed by atoms with Gasteiger partial charge in [0.05, 0.1) is 17.3 Å². The molecule has 4 rings (SSSR count). The number of thiazole rings is 1. The van der Waals surface area contributed by atoms with Gasteiger partial charge in [0, 0.05) is 22.4 Å². The van der Waals surface area contributed by atoms with Crippen LogP contribution in [0.5, 0.6) is 0 Å². The summed E-state index contributed by atoms with van der Waals surface area (Å²) in [5.41, 5.74) is 4.77. The van der Waals surface area contributed by atoms with Gasteiger partial charge in [0.25, 0.3) is 0 Å². The molecule has 158 valence electrons. The van der Waals surface area contributed by atoms with E-state index < -0.39 is 5.97 Å². The van der Waals surface area contributed by atoms with Gasteiger partial charge < -0.3 is 5.11 Å². The van der Waals surface area contributed by atoms with E-state index in [1.54, 1.807) is 34.8 Å². The first kappa shape index (κ1) is 21.4. The molecular weight excluding hydrogens is 424 g/mol. The molecule has 0 saturated heterocycles. The minimum absolute atomic E-state index is 0.00663. The van der Waals surface area contributed by atoms with Crippen molar-refractivity contribution in [1.29, 1.82) is 0 Å². The van der Waals surface area contributed by atoms with Gasteiger partial charge in [0.15, 0.2) is 0 Å². The van der Waals surface area contributed by atoms with Crippen LogP contribution >= 0.6 is 22.7 Å². The first-order valence-corrected chi connectivity index (χ1v) is 11.9. The highest BCUT2D eigenvalue weighted by Gasteiger charge is 2.19. The molecule has 0 bridgehead atoms. The molecule has 4 aromatic rings. The largest absolute Gasteiger partial charge is 0.478 e. The lowest BCUT2D eigenvalue weighted by Crippen LogP contribution is -2.21. The van der Waals surface area contributed by atoms with E-state index in [2.05, 4.69) is 66.3 Å². The minimum Gasteiger partial charge on any atom is -0.478 e. The van der Waals surface area contributed by atoms with Crippen LogP contribution in [0.15, 0.2) is 71.4 Å². The molecule has 0 aliphatic heterocycles. The van der Waals surface area contributed by atoms with Crippen molar-refractivity contribution in [2.45, 2.75) is 32.4 Å². The van der Waals surface area contributed by atoms with E-state index in [4.69, 9.17) is 10.1 Å². The molecule has 0 aliphatic rings. The Morgan fingerprint density at radius 1 is 1.03 bits per heavy atom. The molecule has 1 unspecified atom stereocenters. The first-order chi connectivity index (χ1) is 15.0. The predicted octanol–water partition coefficient (Wildman–Crippen LogP) is 6.57. The Kier molecular flexibility index (Phi) is 6.61. The zero-order chi connectivity index (χ0) is 21.8. The van der Waals surface area contributed by atoms with Crippen molar-refractivity contribution in [3.63, 3.8) is 0 Å². The minimum atomic E-state index is -0.910. The summed E-state index contributed by atoms with van der Waals surface area (Å²) in [4.78, 5) is 17.2. The molecule has 0 aliphatic carbocycles.